The highest BCUT2D eigenvalue weighted by Crippen LogP contribution is 2.32. The molecule has 1 aliphatic carbocycles. The van der Waals surface area contributed by atoms with Crippen molar-refractivity contribution < 1.29 is 14.3 Å². The van der Waals surface area contributed by atoms with Gasteiger partial charge in [0.15, 0.2) is 0 Å². The van der Waals surface area contributed by atoms with Crippen molar-refractivity contribution in [1.82, 2.24) is 9.80 Å². The second-order valence-electron chi connectivity index (χ2n) is 7.16. The number of benzene rings is 1. The van der Waals surface area contributed by atoms with Gasteiger partial charge in [-0.2, -0.15) is 0 Å². The standard InChI is InChI=1S/C18H23N3O3/c1-20-11-18(24-17(20)23)9-4-10-21(12-18)16(22)19-15-8-3-6-13-5-2-7-14(13)15/h3,6,8H,2,4-5,7,9-12H2,1H3,(H,19,22)/t18-/m0/s1. The van der Waals surface area contributed by atoms with Crippen LogP contribution in [-0.2, 0) is 17.6 Å². The van der Waals surface area contributed by atoms with Crippen LogP contribution >= 0.6 is 0 Å². The maximum atomic E-state index is 12.7. The van der Waals surface area contributed by atoms with E-state index in [9.17, 15) is 9.59 Å². The highest BCUT2D eigenvalue weighted by molar-refractivity contribution is 5.90. The monoisotopic (exact) mass is 329 g/mol. The molecule has 6 heteroatoms. The molecule has 1 atom stereocenters. The Hall–Kier alpha value is -2.24. The second kappa shape index (κ2) is 5.69. The molecule has 0 bridgehead atoms. The number of ether oxygens (including phenoxy) is 1. The summed E-state index contributed by atoms with van der Waals surface area (Å²) in [5, 5.41) is 3.07. The molecule has 0 radical (unpaired) electrons. The van der Waals surface area contributed by atoms with Gasteiger partial charge in [-0.25, -0.2) is 9.59 Å². The van der Waals surface area contributed by atoms with Gasteiger partial charge in [0.25, 0.3) is 0 Å². The number of amides is 3. The first-order valence-electron chi connectivity index (χ1n) is 8.67. The summed E-state index contributed by atoms with van der Waals surface area (Å²) in [5.74, 6) is 0. The lowest BCUT2D eigenvalue weighted by atomic mass is 9.93. The summed E-state index contributed by atoms with van der Waals surface area (Å²) < 4.78 is 5.57. The normalized spacial score (nSPS) is 25.8. The lowest BCUT2D eigenvalue weighted by molar-refractivity contribution is 0.00497. The largest absolute Gasteiger partial charge is 0.439 e. The van der Waals surface area contributed by atoms with Crippen molar-refractivity contribution in [3.8, 4) is 0 Å². The molecule has 1 aromatic rings. The zero-order valence-corrected chi connectivity index (χ0v) is 14.0. The minimum Gasteiger partial charge on any atom is -0.439 e. The van der Waals surface area contributed by atoms with E-state index in [2.05, 4.69) is 11.4 Å². The minimum absolute atomic E-state index is 0.0972. The number of nitrogens with one attached hydrogen (secondary N) is 1. The number of fused-ring (bicyclic) bond motifs is 1. The molecule has 3 amide bonds. The summed E-state index contributed by atoms with van der Waals surface area (Å²) in [4.78, 5) is 27.8. The van der Waals surface area contributed by atoms with E-state index in [0.29, 0.717) is 19.6 Å². The van der Waals surface area contributed by atoms with Crippen molar-refractivity contribution in [3.05, 3.63) is 29.3 Å². The highest BCUT2D eigenvalue weighted by Gasteiger charge is 2.47. The van der Waals surface area contributed by atoms with Gasteiger partial charge < -0.3 is 19.9 Å². The third-order valence-corrected chi connectivity index (χ3v) is 5.36. The second-order valence-corrected chi connectivity index (χ2v) is 7.16. The number of rotatable bonds is 1. The van der Waals surface area contributed by atoms with Crippen molar-refractivity contribution >= 4 is 17.8 Å². The van der Waals surface area contributed by atoms with Crippen LogP contribution in [0.5, 0.6) is 0 Å². The highest BCUT2D eigenvalue weighted by atomic mass is 16.6. The number of hydrogen-bond donors (Lipinski definition) is 1. The Bertz CT molecular complexity index is 690. The fourth-order valence-corrected chi connectivity index (χ4v) is 4.21. The van der Waals surface area contributed by atoms with Crippen LogP contribution in [0, 0.1) is 0 Å². The molecule has 128 valence electrons. The molecule has 0 saturated carbocycles. The van der Waals surface area contributed by atoms with Crippen LogP contribution in [0.25, 0.3) is 0 Å². The van der Waals surface area contributed by atoms with E-state index in [1.807, 2.05) is 12.1 Å². The number of carbonyl (C=O) groups excluding carboxylic acids is 2. The number of piperidine rings is 1. The Kier molecular flexibility index (Phi) is 3.62. The summed E-state index contributed by atoms with van der Waals surface area (Å²) in [6, 6.07) is 6.03. The molecule has 2 fully saturated rings. The average Bonchev–Trinajstić information content (AvgIpc) is 3.13. The number of carbonyl (C=O) groups is 2. The molecular weight excluding hydrogens is 306 g/mol. The Morgan fingerprint density at radius 1 is 1.25 bits per heavy atom. The maximum absolute atomic E-state index is 12.7. The van der Waals surface area contributed by atoms with Crippen molar-refractivity contribution in [2.75, 3.05) is 32.0 Å². The van der Waals surface area contributed by atoms with E-state index >= 15 is 0 Å². The molecule has 6 nitrogen and oxygen atoms in total. The van der Waals surface area contributed by atoms with Gasteiger partial charge in [0, 0.05) is 19.3 Å². The maximum Gasteiger partial charge on any atom is 0.410 e. The van der Waals surface area contributed by atoms with E-state index in [4.69, 9.17) is 4.74 Å². The smallest absolute Gasteiger partial charge is 0.410 e. The molecule has 2 aliphatic heterocycles. The van der Waals surface area contributed by atoms with Crippen LogP contribution in [0.3, 0.4) is 0 Å². The molecule has 3 aliphatic rings. The van der Waals surface area contributed by atoms with E-state index in [0.717, 1.165) is 37.8 Å². The van der Waals surface area contributed by atoms with Crippen LogP contribution in [0.4, 0.5) is 15.3 Å². The van der Waals surface area contributed by atoms with Crippen LogP contribution < -0.4 is 5.32 Å². The number of nitrogens with zero attached hydrogens (tertiary/aromatic N) is 2. The molecule has 0 unspecified atom stereocenters. The first-order chi connectivity index (χ1) is 11.6. The third-order valence-electron chi connectivity index (χ3n) is 5.36. The summed E-state index contributed by atoms with van der Waals surface area (Å²) in [6.45, 7) is 1.71. The van der Waals surface area contributed by atoms with Crippen LogP contribution in [0.2, 0.25) is 0 Å². The van der Waals surface area contributed by atoms with Crippen LogP contribution in [-0.4, -0.2) is 54.2 Å². The van der Waals surface area contributed by atoms with E-state index < -0.39 is 5.60 Å². The van der Waals surface area contributed by atoms with Gasteiger partial charge >= 0.3 is 12.1 Å². The molecule has 4 rings (SSSR count). The van der Waals surface area contributed by atoms with E-state index in [1.165, 1.54) is 11.1 Å². The van der Waals surface area contributed by atoms with Gasteiger partial charge in [-0.3, -0.25) is 0 Å². The van der Waals surface area contributed by atoms with Crippen molar-refractivity contribution in [3.63, 3.8) is 0 Å². The van der Waals surface area contributed by atoms with Crippen molar-refractivity contribution in [2.45, 2.75) is 37.7 Å². The van der Waals surface area contributed by atoms with Gasteiger partial charge in [0.2, 0.25) is 0 Å². The number of anilines is 1. The summed E-state index contributed by atoms with van der Waals surface area (Å²) in [6.07, 6.45) is 4.64. The lowest BCUT2D eigenvalue weighted by Gasteiger charge is -2.38. The zero-order valence-electron chi connectivity index (χ0n) is 14.0. The van der Waals surface area contributed by atoms with Gasteiger partial charge in [0.1, 0.15) is 5.60 Å². The zero-order chi connectivity index (χ0) is 16.7. The van der Waals surface area contributed by atoms with Gasteiger partial charge in [-0.05, 0) is 49.3 Å². The molecular formula is C18H23N3O3. The minimum atomic E-state index is -0.542. The molecule has 2 saturated heterocycles. The van der Waals surface area contributed by atoms with Gasteiger partial charge in [0.05, 0.1) is 13.1 Å². The number of likely N-dealkylation sites (N-methyl/N-ethyl adjacent to an activating group) is 1. The lowest BCUT2D eigenvalue weighted by Crippen LogP contribution is -2.53. The van der Waals surface area contributed by atoms with Crippen molar-refractivity contribution in [2.24, 2.45) is 0 Å². The molecule has 1 aromatic carbocycles. The molecule has 1 N–H and O–H groups in total. The van der Waals surface area contributed by atoms with E-state index in [1.54, 1.807) is 16.8 Å². The molecule has 2 heterocycles. The Morgan fingerprint density at radius 2 is 2.12 bits per heavy atom. The third kappa shape index (κ3) is 2.60. The fourth-order valence-electron chi connectivity index (χ4n) is 4.21. The molecule has 24 heavy (non-hydrogen) atoms. The Balaban J connectivity index is 1.47. The predicted octanol–water partition coefficient (Wildman–Crippen LogP) is 2.62. The quantitative estimate of drug-likeness (QED) is 0.861. The van der Waals surface area contributed by atoms with Crippen molar-refractivity contribution in [1.29, 1.82) is 0 Å². The van der Waals surface area contributed by atoms with Gasteiger partial charge in [-0.15, -0.1) is 0 Å². The number of aryl methyl sites for hydroxylation is 1. The Morgan fingerprint density at radius 3 is 2.92 bits per heavy atom. The number of hydrogen-bond acceptors (Lipinski definition) is 3. The summed E-state index contributed by atoms with van der Waals surface area (Å²) in [7, 11) is 1.74. The topological polar surface area (TPSA) is 61.9 Å². The number of likely N-dealkylation sites (tertiary alicyclic amines) is 1. The SMILES string of the molecule is CN1C[C@]2(CCCN(C(=O)Nc3cccc4c3CCC4)C2)OC1=O. The number of urea groups is 1. The summed E-state index contributed by atoms with van der Waals surface area (Å²) >= 11 is 0. The first-order valence-corrected chi connectivity index (χ1v) is 8.67. The fraction of sp³-hybridized carbons (Fsp3) is 0.556. The first kappa shape index (κ1) is 15.3. The predicted molar refractivity (Wildman–Crippen MR) is 90.1 cm³/mol. The Labute approximate surface area is 141 Å². The molecule has 0 aromatic heterocycles. The summed E-state index contributed by atoms with van der Waals surface area (Å²) in [5.41, 5.74) is 2.99. The average molecular weight is 329 g/mol. The van der Waals surface area contributed by atoms with Crippen LogP contribution in [0.1, 0.15) is 30.4 Å². The van der Waals surface area contributed by atoms with Crippen LogP contribution in [0.15, 0.2) is 18.2 Å². The van der Waals surface area contributed by atoms with Gasteiger partial charge in [-0.1, -0.05) is 12.1 Å². The molecule has 1 spiro atoms. The van der Waals surface area contributed by atoms with E-state index in [-0.39, 0.29) is 12.1 Å².